The van der Waals surface area contributed by atoms with Gasteiger partial charge in [-0.05, 0) is 30.5 Å². The van der Waals surface area contributed by atoms with E-state index in [1.165, 1.54) is 5.56 Å². The number of aromatic amines is 1. The fourth-order valence-electron chi connectivity index (χ4n) is 4.01. The van der Waals surface area contributed by atoms with Gasteiger partial charge in [-0.15, -0.1) is 11.3 Å². The van der Waals surface area contributed by atoms with Crippen molar-refractivity contribution in [2.45, 2.75) is 18.3 Å². The number of amides is 1. The van der Waals surface area contributed by atoms with E-state index >= 15 is 0 Å². The van der Waals surface area contributed by atoms with E-state index in [4.69, 9.17) is 9.72 Å². The first kappa shape index (κ1) is 19.7. The Kier molecular flexibility index (Phi) is 5.97. The number of nitrogens with zero attached hydrogens (tertiary/aromatic N) is 2. The van der Waals surface area contributed by atoms with E-state index in [1.807, 2.05) is 23.1 Å². The molecule has 6 nitrogen and oxygen atoms in total. The van der Waals surface area contributed by atoms with Crippen LogP contribution in [-0.2, 0) is 10.2 Å². The van der Waals surface area contributed by atoms with Crippen molar-refractivity contribution >= 4 is 22.4 Å². The van der Waals surface area contributed by atoms with Crippen LogP contribution in [0, 0.1) is 0 Å². The summed E-state index contributed by atoms with van der Waals surface area (Å²) in [7, 11) is 1.70. The van der Waals surface area contributed by atoms with Gasteiger partial charge < -0.3 is 19.9 Å². The van der Waals surface area contributed by atoms with Gasteiger partial charge in [0.25, 0.3) is 5.91 Å². The topological polar surface area (TPSA) is 70.2 Å². The number of methoxy groups -OCH3 is 1. The van der Waals surface area contributed by atoms with Crippen LogP contribution in [0.4, 0.5) is 5.13 Å². The first-order valence-electron chi connectivity index (χ1n) is 9.90. The third-order valence-corrected chi connectivity index (χ3v) is 6.44. The lowest BCUT2D eigenvalue weighted by atomic mass is 9.70. The molecule has 0 bridgehead atoms. The average Bonchev–Trinajstić information content (AvgIpc) is 3.47. The number of thiazole rings is 1. The van der Waals surface area contributed by atoms with E-state index in [0.717, 1.165) is 30.2 Å². The number of H-pyrrole nitrogens is 1. The molecule has 3 heterocycles. The molecule has 1 aliphatic rings. The number of hydrogen-bond donors (Lipinski definition) is 2. The zero-order valence-electron chi connectivity index (χ0n) is 16.6. The maximum Gasteiger partial charge on any atom is 0.270 e. The molecule has 4 rings (SSSR count). The number of likely N-dealkylation sites (tertiary alicyclic amines) is 1. The molecule has 0 aliphatic carbocycles. The number of anilines is 1. The highest BCUT2D eigenvalue weighted by atomic mass is 32.1. The molecule has 29 heavy (non-hydrogen) atoms. The lowest BCUT2D eigenvalue weighted by Gasteiger charge is -2.41. The smallest absolute Gasteiger partial charge is 0.270 e. The molecule has 0 unspecified atom stereocenters. The number of carbonyl (C=O) groups excluding carboxylic acids is 1. The summed E-state index contributed by atoms with van der Waals surface area (Å²) in [6.07, 6.45) is 3.49. The van der Waals surface area contributed by atoms with Crippen LogP contribution < -0.4 is 5.32 Å². The van der Waals surface area contributed by atoms with E-state index in [2.05, 4.69) is 39.9 Å². The molecule has 1 aliphatic heterocycles. The molecule has 2 aromatic heterocycles. The Labute approximate surface area is 174 Å². The fraction of sp³-hybridized carbons (Fsp3) is 0.364. The van der Waals surface area contributed by atoms with Crippen LogP contribution in [0.25, 0.3) is 0 Å². The third-order valence-electron chi connectivity index (χ3n) is 5.64. The van der Waals surface area contributed by atoms with Gasteiger partial charge in [0.05, 0.1) is 12.3 Å². The summed E-state index contributed by atoms with van der Waals surface area (Å²) in [4.78, 5) is 22.6. The van der Waals surface area contributed by atoms with Gasteiger partial charge in [0, 0.05) is 43.7 Å². The van der Waals surface area contributed by atoms with Crippen molar-refractivity contribution in [3.05, 3.63) is 71.0 Å². The summed E-state index contributed by atoms with van der Waals surface area (Å²) in [5.74, 6) is 0.0665. The molecular formula is C22H26N4O2S. The highest BCUT2D eigenvalue weighted by Crippen LogP contribution is 2.42. The third kappa shape index (κ3) is 4.06. The van der Waals surface area contributed by atoms with Crippen LogP contribution in [0.1, 0.15) is 34.6 Å². The second kappa shape index (κ2) is 8.80. The summed E-state index contributed by atoms with van der Waals surface area (Å²) in [5.41, 5.74) is 2.82. The predicted molar refractivity (Wildman–Crippen MR) is 116 cm³/mol. The summed E-state index contributed by atoms with van der Waals surface area (Å²) >= 11 is 1.63. The van der Waals surface area contributed by atoms with E-state index < -0.39 is 0 Å². The molecule has 1 amide bonds. The lowest BCUT2D eigenvalue weighted by Crippen LogP contribution is -2.46. The molecule has 0 atom stereocenters. The van der Waals surface area contributed by atoms with Gasteiger partial charge in [0.1, 0.15) is 5.69 Å². The first-order valence-corrected chi connectivity index (χ1v) is 10.8. The van der Waals surface area contributed by atoms with Crippen molar-refractivity contribution in [3.8, 4) is 0 Å². The van der Waals surface area contributed by atoms with Crippen molar-refractivity contribution in [3.63, 3.8) is 0 Å². The number of ether oxygens (including phenoxy) is 1. The number of rotatable bonds is 7. The van der Waals surface area contributed by atoms with Crippen LogP contribution in [0.2, 0.25) is 0 Å². The van der Waals surface area contributed by atoms with Crippen molar-refractivity contribution in [1.29, 1.82) is 0 Å². The Balaban J connectivity index is 1.57. The Hall–Kier alpha value is -2.64. The second-order valence-corrected chi connectivity index (χ2v) is 8.14. The maximum atomic E-state index is 12.8. The fourth-order valence-corrected chi connectivity index (χ4v) is 4.85. The zero-order valence-corrected chi connectivity index (χ0v) is 17.4. The van der Waals surface area contributed by atoms with E-state index in [-0.39, 0.29) is 11.3 Å². The molecule has 1 fully saturated rings. The Morgan fingerprint density at radius 2 is 2.03 bits per heavy atom. The van der Waals surface area contributed by atoms with E-state index in [0.29, 0.717) is 25.4 Å². The molecule has 152 valence electrons. The molecule has 1 saturated heterocycles. The van der Waals surface area contributed by atoms with Gasteiger partial charge in [-0.3, -0.25) is 4.79 Å². The van der Waals surface area contributed by atoms with Crippen LogP contribution in [-0.4, -0.2) is 54.1 Å². The van der Waals surface area contributed by atoms with Crippen molar-refractivity contribution in [1.82, 2.24) is 14.9 Å². The summed E-state index contributed by atoms with van der Waals surface area (Å²) in [6, 6.07) is 14.3. The predicted octanol–water partition coefficient (Wildman–Crippen LogP) is 3.75. The molecule has 0 radical (unpaired) electrons. The molecular weight excluding hydrogens is 384 g/mol. The van der Waals surface area contributed by atoms with Crippen molar-refractivity contribution in [2.75, 3.05) is 38.7 Å². The van der Waals surface area contributed by atoms with Crippen LogP contribution in [0.3, 0.4) is 0 Å². The largest absolute Gasteiger partial charge is 0.383 e. The maximum absolute atomic E-state index is 12.8. The van der Waals surface area contributed by atoms with E-state index in [9.17, 15) is 4.79 Å². The molecule has 0 spiro atoms. The lowest BCUT2D eigenvalue weighted by molar-refractivity contribution is 0.0679. The van der Waals surface area contributed by atoms with Gasteiger partial charge in [-0.25, -0.2) is 4.98 Å². The Bertz CT molecular complexity index is 915. The minimum Gasteiger partial charge on any atom is -0.383 e. The average molecular weight is 411 g/mol. The van der Waals surface area contributed by atoms with Crippen molar-refractivity contribution < 1.29 is 9.53 Å². The van der Waals surface area contributed by atoms with E-state index in [1.54, 1.807) is 24.6 Å². The summed E-state index contributed by atoms with van der Waals surface area (Å²) in [5, 5.41) is 6.40. The Morgan fingerprint density at radius 1 is 1.24 bits per heavy atom. The monoisotopic (exact) mass is 410 g/mol. The number of carbonyl (C=O) groups is 1. The van der Waals surface area contributed by atoms with Gasteiger partial charge in [-0.2, -0.15) is 0 Å². The van der Waals surface area contributed by atoms with Gasteiger partial charge >= 0.3 is 0 Å². The molecule has 3 aromatic rings. The quantitative estimate of drug-likeness (QED) is 0.582. The standard InChI is InChI=1S/C22H26N4O2S/c1-28-15-12-24-21-25-19(16-29-21)22(17-6-3-2-4-7-17)9-13-26(14-10-22)20(27)18-8-5-11-23-18/h2-8,11,16,23H,9-10,12-15H2,1H3,(H,24,25). The molecule has 2 N–H and O–H groups in total. The highest BCUT2D eigenvalue weighted by Gasteiger charge is 2.41. The number of nitrogens with one attached hydrogen (secondary N) is 2. The van der Waals surface area contributed by atoms with Gasteiger partial charge in [0.15, 0.2) is 5.13 Å². The number of hydrogen-bond acceptors (Lipinski definition) is 5. The van der Waals surface area contributed by atoms with Gasteiger partial charge in [-0.1, -0.05) is 30.3 Å². The number of benzene rings is 1. The first-order chi connectivity index (χ1) is 14.2. The second-order valence-electron chi connectivity index (χ2n) is 7.28. The van der Waals surface area contributed by atoms with Crippen LogP contribution in [0.15, 0.2) is 54.0 Å². The van der Waals surface area contributed by atoms with Gasteiger partial charge in [0.2, 0.25) is 0 Å². The molecule has 0 saturated carbocycles. The number of aromatic nitrogens is 2. The minimum atomic E-state index is -0.175. The Morgan fingerprint density at radius 3 is 2.72 bits per heavy atom. The van der Waals surface area contributed by atoms with Crippen LogP contribution in [0.5, 0.6) is 0 Å². The molecule has 1 aromatic carbocycles. The number of piperidine rings is 1. The minimum absolute atomic E-state index is 0.0665. The highest BCUT2D eigenvalue weighted by molar-refractivity contribution is 7.13. The summed E-state index contributed by atoms with van der Waals surface area (Å²) in [6.45, 7) is 2.79. The summed E-state index contributed by atoms with van der Waals surface area (Å²) < 4.78 is 5.12. The molecule has 7 heteroatoms. The zero-order chi connectivity index (χ0) is 20.1. The van der Waals surface area contributed by atoms with Crippen LogP contribution >= 0.6 is 11.3 Å². The normalized spacial score (nSPS) is 16.0. The SMILES string of the molecule is COCCNc1nc(C2(c3ccccc3)CCN(C(=O)c3ccc[nH]3)CC2)cs1. The van der Waals surface area contributed by atoms with Crippen molar-refractivity contribution in [2.24, 2.45) is 0 Å².